The lowest BCUT2D eigenvalue weighted by Crippen LogP contribution is -2.48. The summed E-state index contributed by atoms with van der Waals surface area (Å²) >= 11 is 0. The van der Waals surface area contributed by atoms with Crippen molar-refractivity contribution < 1.29 is 9.47 Å². The summed E-state index contributed by atoms with van der Waals surface area (Å²) in [5, 5.41) is 3.45. The lowest BCUT2D eigenvalue weighted by Gasteiger charge is -2.41. The number of fused-ring (bicyclic) bond motifs is 2. The van der Waals surface area contributed by atoms with Crippen molar-refractivity contribution in [2.75, 3.05) is 26.2 Å². The van der Waals surface area contributed by atoms with Crippen LogP contribution in [0, 0.1) is 0 Å². The number of rotatable bonds is 4. The molecule has 3 rings (SSSR count). The van der Waals surface area contributed by atoms with Gasteiger partial charge in [-0.2, -0.15) is 0 Å². The van der Waals surface area contributed by atoms with E-state index in [1.54, 1.807) is 14.2 Å². The number of methoxy groups -OCH3 is 2. The van der Waals surface area contributed by atoms with E-state index in [0.717, 1.165) is 11.5 Å². The second-order valence-corrected chi connectivity index (χ2v) is 5.79. The lowest BCUT2D eigenvalue weighted by molar-refractivity contribution is 0.362. The van der Waals surface area contributed by atoms with Crippen LogP contribution >= 0.6 is 0 Å². The van der Waals surface area contributed by atoms with Crippen LogP contribution in [0.4, 0.5) is 5.69 Å². The molecule has 1 aromatic rings. The van der Waals surface area contributed by atoms with E-state index < -0.39 is 0 Å². The number of nitrogens with one attached hydrogen (secondary N) is 1. The summed E-state index contributed by atoms with van der Waals surface area (Å²) in [6, 6.07) is 8.08. The Kier molecular flexibility index (Phi) is 3.74. The molecule has 2 atom stereocenters. The maximum Gasteiger partial charge on any atom is 0.145 e. The van der Waals surface area contributed by atoms with Gasteiger partial charge in [0, 0.05) is 24.2 Å². The van der Waals surface area contributed by atoms with Gasteiger partial charge in [0.25, 0.3) is 0 Å². The molecule has 2 heterocycles. The molecule has 20 heavy (non-hydrogen) atoms. The van der Waals surface area contributed by atoms with E-state index in [9.17, 15) is 0 Å². The summed E-state index contributed by atoms with van der Waals surface area (Å²) in [5.74, 6) is 1.77. The largest absolute Gasteiger partial charge is 0.497 e. The number of benzene rings is 1. The molecule has 4 nitrogen and oxygen atoms in total. The Balaban J connectivity index is 1.90. The first-order valence-corrected chi connectivity index (χ1v) is 7.44. The molecule has 0 spiro atoms. The highest BCUT2D eigenvalue weighted by Crippen LogP contribution is 2.43. The van der Waals surface area contributed by atoms with Crippen molar-refractivity contribution in [3.8, 4) is 11.5 Å². The molecule has 2 aliphatic heterocycles. The molecule has 2 aliphatic rings. The normalized spacial score (nSPS) is 28.6. The molecule has 0 aliphatic carbocycles. The zero-order chi connectivity index (χ0) is 14.1. The van der Waals surface area contributed by atoms with Crippen LogP contribution < -0.4 is 19.7 Å². The van der Waals surface area contributed by atoms with Crippen molar-refractivity contribution in [2.24, 2.45) is 0 Å². The summed E-state index contributed by atoms with van der Waals surface area (Å²) in [6.45, 7) is 0. The number of piperidine rings is 1. The van der Waals surface area contributed by atoms with Crippen LogP contribution in [-0.4, -0.2) is 39.4 Å². The number of hydrogen-bond donors (Lipinski definition) is 1. The summed E-state index contributed by atoms with van der Waals surface area (Å²) < 4.78 is 10.9. The average Bonchev–Trinajstić information content (AvgIpc) is 2.76. The standard InChI is InChI=1S/C16H24N2O2/c1-17-11-8-12-4-5-13(9-11)18(12)15-7-6-14(19-2)10-16(15)20-3/h6-7,10-13,17H,4-5,8-9H2,1-3H3. The molecule has 1 aromatic carbocycles. The monoisotopic (exact) mass is 276 g/mol. The first-order chi connectivity index (χ1) is 9.76. The Morgan fingerprint density at radius 2 is 1.80 bits per heavy atom. The van der Waals surface area contributed by atoms with E-state index >= 15 is 0 Å². The van der Waals surface area contributed by atoms with Gasteiger partial charge in [0.2, 0.25) is 0 Å². The van der Waals surface area contributed by atoms with Gasteiger partial charge in [-0.1, -0.05) is 0 Å². The van der Waals surface area contributed by atoms with Gasteiger partial charge >= 0.3 is 0 Å². The Bertz CT molecular complexity index is 464. The van der Waals surface area contributed by atoms with Crippen LogP contribution in [0.5, 0.6) is 11.5 Å². The second kappa shape index (κ2) is 5.52. The minimum absolute atomic E-state index is 0.633. The highest BCUT2D eigenvalue weighted by atomic mass is 16.5. The van der Waals surface area contributed by atoms with Crippen molar-refractivity contribution in [3.05, 3.63) is 18.2 Å². The van der Waals surface area contributed by atoms with Gasteiger partial charge in [-0.05, 0) is 44.9 Å². The molecular formula is C16H24N2O2. The molecule has 2 saturated heterocycles. The number of ether oxygens (including phenoxy) is 2. The summed E-state index contributed by atoms with van der Waals surface area (Å²) in [4.78, 5) is 2.58. The molecule has 110 valence electrons. The zero-order valence-electron chi connectivity index (χ0n) is 12.6. The SMILES string of the molecule is CNC1CC2CCC(C1)N2c1ccc(OC)cc1OC. The third kappa shape index (κ3) is 2.22. The third-order valence-corrected chi connectivity index (χ3v) is 4.81. The molecule has 2 fully saturated rings. The molecule has 1 N–H and O–H groups in total. The summed E-state index contributed by atoms with van der Waals surface area (Å²) in [5.41, 5.74) is 1.22. The highest BCUT2D eigenvalue weighted by molar-refractivity contribution is 5.63. The zero-order valence-corrected chi connectivity index (χ0v) is 12.6. The average molecular weight is 276 g/mol. The molecule has 0 amide bonds. The fourth-order valence-electron chi connectivity index (χ4n) is 3.80. The van der Waals surface area contributed by atoms with Gasteiger partial charge in [0.15, 0.2) is 0 Å². The maximum atomic E-state index is 5.58. The Morgan fingerprint density at radius 3 is 2.35 bits per heavy atom. The fraction of sp³-hybridized carbons (Fsp3) is 0.625. The molecule has 0 saturated carbocycles. The van der Waals surface area contributed by atoms with Crippen molar-refractivity contribution in [1.29, 1.82) is 0 Å². The predicted octanol–water partition coefficient (Wildman–Crippen LogP) is 2.42. The van der Waals surface area contributed by atoms with Gasteiger partial charge < -0.3 is 19.7 Å². The van der Waals surface area contributed by atoms with E-state index in [4.69, 9.17) is 9.47 Å². The van der Waals surface area contributed by atoms with Crippen LogP contribution in [0.15, 0.2) is 18.2 Å². The smallest absolute Gasteiger partial charge is 0.145 e. The predicted molar refractivity (Wildman–Crippen MR) is 80.9 cm³/mol. The molecule has 0 radical (unpaired) electrons. The number of anilines is 1. The van der Waals surface area contributed by atoms with Crippen molar-refractivity contribution in [1.82, 2.24) is 5.32 Å². The first-order valence-electron chi connectivity index (χ1n) is 7.44. The molecule has 0 aromatic heterocycles. The van der Waals surface area contributed by atoms with E-state index in [1.807, 2.05) is 12.1 Å². The van der Waals surface area contributed by atoms with Crippen LogP contribution in [0.2, 0.25) is 0 Å². The van der Waals surface area contributed by atoms with Crippen LogP contribution in [0.25, 0.3) is 0 Å². The van der Waals surface area contributed by atoms with Gasteiger partial charge in [0.05, 0.1) is 19.9 Å². The minimum Gasteiger partial charge on any atom is -0.497 e. The summed E-state index contributed by atoms with van der Waals surface area (Å²) in [7, 11) is 5.50. The quantitative estimate of drug-likeness (QED) is 0.916. The van der Waals surface area contributed by atoms with Crippen LogP contribution in [0.1, 0.15) is 25.7 Å². The van der Waals surface area contributed by atoms with Gasteiger partial charge in [0.1, 0.15) is 11.5 Å². The third-order valence-electron chi connectivity index (χ3n) is 4.81. The van der Waals surface area contributed by atoms with Crippen molar-refractivity contribution in [3.63, 3.8) is 0 Å². The topological polar surface area (TPSA) is 33.7 Å². The van der Waals surface area contributed by atoms with Crippen molar-refractivity contribution in [2.45, 2.75) is 43.8 Å². The second-order valence-electron chi connectivity index (χ2n) is 5.79. The van der Waals surface area contributed by atoms with E-state index in [-0.39, 0.29) is 0 Å². The Morgan fingerprint density at radius 1 is 1.10 bits per heavy atom. The fourth-order valence-corrected chi connectivity index (χ4v) is 3.80. The molecule has 4 heteroatoms. The summed E-state index contributed by atoms with van der Waals surface area (Å²) in [6.07, 6.45) is 5.03. The van der Waals surface area contributed by atoms with E-state index in [0.29, 0.717) is 18.1 Å². The van der Waals surface area contributed by atoms with Crippen LogP contribution in [0.3, 0.4) is 0 Å². The first kappa shape index (κ1) is 13.6. The molecular weight excluding hydrogens is 252 g/mol. The minimum atomic E-state index is 0.633. The number of hydrogen-bond acceptors (Lipinski definition) is 4. The van der Waals surface area contributed by atoms with E-state index in [2.05, 4.69) is 23.3 Å². The Hall–Kier alpha value is -1.42. The molecule has 2 bridgehead atoms. The Labute approximate surface area is 121 Å². The highest BCUT2D eigenvalue weighted by Gasteiger charge is 2.41. The van der Waals surface area contributed by atoms with Gasteiger partial charge in [-0.25, -0.2) is 0 Å². The lowest BCUT2D eigenvalue weighted by atomic mass is 9.96. The van der Waals surface area contributed by atoms with Crippen LogP contribution in [-0.2, 0) is 0 Å². The van der Waals surface area contributed by atoms with Crippen molar-refractivity contribution >= 4 is 5.69 Å². The number of nitrogens with zero attached hydrogens (tertiary/aromatic N) is 1. The van der Waals surface area contributed by atoms with E-state index in [1.165, 1.54) is 31.4 Å². The van der Waals surface area contributed by atoms with Gasteiger partial charge in [-0.3, -0.25) is 0 Å². The van der Waals surface area contributed by atoms with Gasteiger partial charge in [-0.15, -0.1) is 0 Å². The molecule has 2 unspecified atom stereocenters. The maximum absolute atomic E-state index is 5.58.